The first-order valence-corrected chi connectivity index (χ1v) is 8.73. The summed E-state index contributed by atoms with van der Waals surface area (Å²) >= 11 is 3.42. The largest absolute Gasteiger partial charge is 0.508 e. The molecular weight excluding hydrogens is 398 g/mol. The molecule has 0 atom stereocenters. The van der Waals surface area contributed by atoms with Crippen molar-refractivity contribution in [2.45, 2.75) is 6.92 Å². The van der Waals surface area contributed by atoms with Crippen molar-refractivity contribution in [3.8, 4) is 5.75 Å². The van der Waals surface area contributed by atoms with Crippen LogP contribution in [0.2, 0.25) is 0 Å². The molecule has 26 heavy (non-hydrogen) atoms. The normalized spacial score (nSPS) is 13.5. The summed E-state index contributed by atoms with van der Waals surface area (Å²) in [5, 5.41) is 13.2. The van der Waals surface area contributed by atoms with Crippen LogP contribution in [-0.4, -0.2) is 28.4 Å². The number of phenols is 1. The molecule has 0 aliphatic carbocycles. The van der Waals surface area contributed by atoms with E-state index in [1.54, 1.807) is 12.1 Å². The predicted octanol–water partition coefficient (Wildman–Crippen LogP) is 3.61. The highest BCUT2D eigenvalue weighted by atomic mass is 79.9. The van der Waals surface area contributed by atoms with Crippen LogP contribution >= 0.6 is 15.9 Å². The average Bonchev–Trinajstić information content (AvgIpc) is 2.59. The maximum Gasteiger partial charge on any atom is 0.259 e. The molecule has 2 N–H and O–H groups in total. The van der Waals surface area contributed by atoms with Crippen molar-refractivity contribution in [1.82, 2.24) is 4.98 Å². The lowest BCUT2D eigenvalue weighted by atomic mass is 10.0. The van der Waals surface area contributed by atoms with Gasteiger partial charge in [-0.15, -0.1) is 0 Å². The summed E-state index contributed by atoms with van der Waals surface area (Å²) in [4.78, 5) is 31.2. The van der Waals surface area contributed by atoms with Gasteiger partial charge in [0.15, 0.2) is 0 Å². The van der Waals surface area contributed by atoms with Crippen LogP contribution in [0.3, 0.4) is 0 Å². The lowest BCUT2D eigenvalue weighted by Gasteiger charge is -2.29. The van der Waals surface area contributed by atoms with E-state index in [0.29, 0.717) is 33.5 Å². The number of amides is 2. The zero-order chi connectivity index (χ0) is 18.4. The van der Waals surface area contributed by atoms with Crippen LogP contribution in [0, 0.1) is 6.92 Å². The zero-order valence-corrected chi connectivity index (χ0v) is 15.4. The molecular formula is C19H14BrN3O3. The fourth-order valence-corrected chi connectivity index (χ4v) is 3.45. The first kappa shape index (κ1) is 16.5. The Balaban J connectivity index is 1.88. The van der Waals surface area contributed by atoms with Crippen molar-refractivity contribution in [3.05, 3.63) is 58.2 Å². The smallest absolute Gasteiger partial charge is 0.259 e. The maximum atomic E-state index is 13.3. The summed E-state index contributed by atoms with van der Waals surface area (Å²) in [6, 6.07) is 11.8. The van der Waals surface area contributed by atoms with E-state index in [9.17, 15) is 14.7 Å². The van der Waals surface area contributed by atoms with Gasteiger partial charge in [-0.1, -0.05) is 22.0 Å². The highest BCUT2D eigenvalue weighted by molar-refractivity contribution is 9.10. The number of nitrogens with zero attached hydrogens (tertiary/aromatic N) is 2. The molecule has 2 aromatic carbocycles. The second-order valence-electron chi connectivity index (χ2n) is 6.11. The van der Waals surface area contributed by atoms with Crippen LogP contribution in [0.1, 0.15) is 16.1 Å². The van der Waals surface area contributed by atoms with Crippen LogP contribution in [0.5, 0.6) is 5.75 Å². The van der Waals surface area contributed by atoms with Crippen molar-refractivity contribution in [2.75, 3.05) is 16.8 Å². The third-order valence-corrected chi connectivity index (χ3v) is 4.72. The SMILES string of the molecule is Cc1cc(C(=O)N2CC(=O)Nc3ccc(O)cc32)c2ccc(Br)cc2n1. The van der Waals surface area contributed by atoms with E-state index < -0.39 is 0 Å². The number of hydrogen-bond donors (Lipinski definition) is 2. The van der Waals surface area contributed by atoms with Crippen molar-refractivity contribution < 1.29 is 14.7 Å². The molecule has 4 rings (SSSR count). The summed E-state index contributed by atoms with van der Waals surface area (Å²) in [7, 11) is 0. The van der Waals surface area contributed by atoms with Gasteiger partial charge in [0.25, 0.3) is 5.91 Å². The Morgan fingerprint density at radius 2 is 2.04 bits per heavy atom. The van der Waals surface area contributed by atoms with Gasteiger partial charge in [-0.05, 0) is 37.3 Å². The van der Waals surface area contributed by atoms with Crippen molar-refractivity contribution in [3.63, 3.8) is 0 Å². The Bertz CT molecular complexity index is 1080. The lowest BCUT2D eigenvalue weighted by molar-refractivity contribution is -0.115. The molecule has 0 saturated heterocycles. The molecule has 0 radical (unpaired) electrons. The summed E-state index contributed by atoms with van der Waals surface area (Å²) in [6.45, 7) is 1.70. The minimum absolute atomic E-state index is 0.0254. The van der Waals surface area contributed by atoms with Gasteiger partial charge in [0.1, 0.15) is 12.3 Å². The number of aryl methyl sites for hydroxylation is 1. The standard InChI is InChI=1S/C19H14BrN3O3/c1-10-6-14(13-4-2-11(20)7-16(13)21-10)19(26)23-9-18(25)22-15-5-3-12(24)8-17(15)23/h2-8,24H,9H2,1H3,(H,22,25). The van der Waals surface area contributed by atoms with E-state index in [2.05, 4.69) is 26.2 Å². The van der Waals surface area contributed by atoms with E-state index in [-0.39, 0.29) is 24.1 Å². The molecule has 130 valence electrons. The van der Waals surface area contributed by atoms with Gasteiger partial charge in [0.05, 0.1) is 22.5 Å². The molecule has 1 aromatic heterocycles. The molecule has 0 unspecified atom stereocenters. The van der Waals surface area contributed by atoms with Crippen molar-refractivity contribution >= 4 is 50.0 Å². The van der Waals surface area contributed by atoms with Gasteiger partial charge in [-0.3, -0.25) is 19.5 Å². The highest BCUT2D eigenvalue weighted by Crippen LogP contribution is 2.34. The second-order valence-corrected chi connectivity index (χ2v) is 7.03. The molecule has 7 heteroatoms. The minimum atomic E-state index is -0.315. The molecule has 1 aliphatic heterocycles. The molecule has 0 fully saturated rings. The number of rotatable bonds is 1. The number of aromatic hydroxyl groups is 1. The van der Waals surface area contributed by atoms with Gasteiger partial charge < -0.3 is 10.4 Å². The van der Waals surface area contributed by atoms with E-state index in [0.717, 1.165) is 4.47 Å². The zero-order valence-electron chi connectivity index (χ0n) is 13.8. The summed E-state index contributed by atoms with van der Waals surface area (Å²) < 4.78 is 0.870. The van der Waals surface area contributed by atoms with Gasteiger partial charge in [0.2, 0.25) is 5.91 Å². The van der Waals surface area contributed by atoms with Crippen LogP contribution in [0.15, 0.2) is 46.9 Å². The fourth-order valence-electron chi connectivity index (χ4n) is 3.11. The van der Waals surface area contributed by atoms with Crippen LogP contribution in [0.4, 0.5) is 11.4 Å². The second kappa shape index (κ2) is 6.10. The molecule has 0 spiro atoms. The monoisotopic (exact) mass is 411 g/mol. The molecule has 6 nitrogen and oxygen atoms in total. The van der Waals surface area contributed by atoms with Crippen LogP contribution in [-0.2, 0) is 4.79 Å². The molecule has 3 aromatic rings. The van der Waals surface area contributed by atoms with Crippen molar-refractivity contribution in [2.24, 2.45) is 0 Å². The highest BCUT2D eigenvalue weighted by Gasteiger charge is 2.29. The summed E-state index contributed by atoms with van der Waals surface area (Å²) in [6.07, 6.45) is 0. The first-order valence-electron chi connectivity index (χ1n) is 7.94. The third-order valence-electron chi connectivity index (χ3n) is 4.22. The summed E-state index contributed by atoms with van der Waals surface area (Å²) in [5.74, 6) is -0.573. The Morgan fingerprint density at radius 1 is 1.23 bits per heavy atom. The quantitative estimate of drug-likeness (QED) is 0.599. The Morgan fingerprint density at radius 3 is 2.85 bits per heavy atom. The lowest BCUT2D eigenvalue weighted by Crippen LogP contribution is -2.42. The summed E-state index contributed by atoms with van der Waals surface area (Å²) in [5.41, 5.74) is 2.82. The number of carbonyl (C=O) groups excluding carboxylic acids is 2. The Kier molecular flexibility index (Phi) is 3.88. The molecule has 2 heterocycles. The predicted molar refractivity (Wildman–Crippen MR) is 103 cm³/mol. The topological polar surface area (TPSA) is 82.5 Å². The molecule has 1 aliphatic rings. The average molecular weight is 412 g/mol. The van der Waals surface area contributed by atoms with Gasteiger partial charge in [-0.25, -0.2) is 0 Å². The number of hydrogen-bond acceptors (Lipinski definition) is 4. The fraction of sp³-hybridized carbons (Fsp3) is 0.105. The number of anilines is 2. The van der Waals surface area contributed by atoms with Crippen LogP contribution in [0.25, 0.3) is 10.9 Å². The van der Waals surface area contributed by atoms with Gasteiger partial charge in [0, 0.05) is 21.6 Å². The van der Waals surface area contributed by atoms with E-state index in [4.69, 9.17) is 0 Å². The number of halogens is 1. The first-order chi connectivity index (χ1) is 12.4. The van der Waals surface area contributed by atoms with E-state index in [1.807, 2.05) is 25.1 Å². The minimum Gasteiger partial charge on any atom is -0.508 e. The van der Waals surface area contributed by atoms with E-state index in [1.165, 1.54) is 17.0 Å². The Labute approximate surface area is 157 Å². The van der Waals surface area contributed by atoms with Crippen molar-refractivity contribution in [1.29, 1.82) is 0 Å². The van der Waals surface area contributed by atoms with Gasteiger partial charge >= 0.3 is 0 Å². The number of fused-ring (bicyclic) bond motifs is 2. The number of benzene rings is 2. The Hall–Kier alpha value is -2.93. The molecule has 0 saturated carbocycles. The molecule has 0 bridgehead atoms. The third kappa shape index (κ3) is 2.80. The number of phenolic OH excluding ortho intramolecular Hbond substituents is 1. The number of carbonyl (C=O) groups is 2. The number of nitrogens with one attached hydrogen (secondary N) is 1. The van der Waals surface area contributed by atoms with E-state index >= 15 is 0 Å². The maximum absolute atomic E-state index is 13.3. The number of aromatic nitrogens is 1. The molecule has 2 amide bonds. The number of pyridine rings is 1. The van der Waals surface area contributed by atoms with Gasteiger partial charge in [-0.2, -0.15) is 0 Å². The van der Waals surface area contributed by atoms with Crippen LogP contribution < -0.4 is 10.2 Å².